The van der Waals surface area contributed by atoms with Crippen molar-refractivity contribution in [2.75, 3.05) is 278 Å². The molecule has 35 nitrogen and oxygen atoms in total. The van der Waals surface area contributed by atoms with E-state index in [0.29, 0.717) is 115 Å². The van der Waals surface area contributed by atoms with Gasteiger partial charge in [0.05, 0.1) is 199 Å². The Morgan fingerprint density at radius 3 is 0.812 bits per heavy atom. The van der Waals surface area contributed by atoms with Crippen LogP contribution in [0.4, 0.5) is 0 Å². The van der Waals surface area contributed by atoms with Crippen LogP contribution in [0.3, 0.4) is 0 Å². The Labute approximate surface area is 841 Å². The Hall–Kier alpha value is -6.05. The number of halogens is 6. The average molecular weight is 2110 g/mol. The summed E-state index contributed by atoms with van der Waals surface area (Å²) in [5.74, 6) is -2.03. The van der Waals surface area contributed by atoms with Crippen molar-refractivity contribution in [1.82, 2.24) is 59.9 Å². The topological polar surface area (TPSA) is 408 Å². The number of hydrogen-bond acceptors (Lipinski definition) is 28. The first-order chi connectivity index (χ1) is 66.6. The second kappa shape index (κ2) is 60.6. The van der Waals surface area contributed by atoms with Crippen molar-refractivity contribution in [1.29, 1.82) is 0 Å². The third-order valence-electron chi connectivity index (χ3n) is 23.3. The number of sulfonamides is 3. The van der Waals surface area contributed by atoms with Crippen LogP contribution < -0.4 is 41.2 Å². The van der Waals surface area contributed by atoms with Crippen molar-refractivity contribution in [2.24, 2.45) is 5.73 Å². The Bertz CT molecular complexity index is 4990. The quantitative estimate of drug-likeness (QED) is 0.0176. The van der Waals surface area contributed by atoms with Crippen molar-refractivity contribution in [3.05, 3.63) is 189 Å². The van der Waals surface area contributed by atoms with Gasteiger partial charge in [0.25, 0.3) is 0 Å². The summed E-state index contributed by atoms with van der Waals surface area (Å²) in [6, 6.07) is 30.4. The number of fused-ring (bicyclic) bond motifs is 3. The number of likely N-dealkylation sites (N-methyl/N-ethyl adjacent to an activating group) is 3. The van der Waals surface area contributed by atoms with Crippen LogP contribution in [0.25, 0.3) is 0 Å². The third kappa shape index (κ3) is 38.5. The molecule has 0 aromatic heterocycles. The number of carbonyl (C=O) groups excluding carboxylic acids is 4. The van der Waals surface area contributed by atoms with E-state index in [0.717, 1.165) is 62.9 Å². The number of ether oxygens (including phenoxy) is 12. The molecular weight excluding hydrogens is 1970 g/mol. The van der Waals surface area contributed by atoms with Gasteiger partial charge in [-0.25, -0.2) is 39.4 Å². The van der Waals surface area contributed by atoms with Gasteiger partial charge in [0, 0.05) is 152 Å². The standard InChI is InChI=1S/C94H133Cl6N13O22S3/c1-109-58-80(77-52-71(95)55-86(98)83(77)61-109)68-9-6-12-74(49-68)136(118,119)106-22-30-129-38-46-133-43-35-126-27-19-103-92(115)65-112(64-91(114)102-18-26-125-34-42-132-41-33-124-25-17-101)89-15-4-5-16-90(89)113(66-93(116)104-20-28-127-36-44-134-47-39-130-31-23-107-137(120,121)75-13-7-10-69(50-75)81-59-110(2)62-84-78(81)53-72(96)56-87(84)99)67-94(117)105-21-29-128-37-45-135-48-40-131-32-24-108-138(122,123)76-14-8-11-70(51-76)82-60-111(3)63-85-79(82)54-73(97)57-88(85)100/h6-14,49-57,80-82,89-90,106-108H,4-5,15-48,58-67,101H2,1-3H3,(H,102,114)(H,103,115)(H,104,116)(H,105,117)/t80-,81-,82-,89+,90+/m0/s1. The maximum Gasteiger partial charge on any atom is 0.240 e. The van der Waals surface area contributed by atoms with E-state index in [1.54, 1.807) is 82.6 Å². The predicted molar refractivity (Wildman–Crippen MR) is 529 cm³/mol. The highest BCUT2D eigenvalue weighted by Crippen LogP contribution is 2.43. The molecule has 4 aliphatic rings. The number of nitrogens with two attached hydrogens (primary N) is 1. The molecule has 0 spiro atoms. The van der Waals surface area contributed by atoms with Crippen LogP contribution in [-0.4, -0.2) is 363 Å². The molecule has 0 saturated heterocycles. The summed E-state index contributed by atoms with van der Waals surface area (Å²) >= 11 is 39.0. The fourth-order valence-corrected chi connectivity index (χ4v) is 21.8. The van der Waals surface area contributed by atoms with Crippen LogP contribution in [0.15, 0.2) is 124 Å². The van der Waals surface area contributed by atoms with E-state index in [1.165, 1.54) is 0 Å². The monoisotopic (exact) mass is 2100 g/mol. The fourth-order valence-electron chi connectivity index (χ4n) is 16.9. The number of rotatable bonds is 66. The molecule has 0 radical (unpaired) electrons. The van der Waals surface area contributed by atoms with Gasteiger partial charge in [0.1, 0.15) is 0 Å². The molecule has 138 heavy (non-hydrogen) atoms. The highest BCUT2D eigenvalue weighted by molar-refractivity contribution is 7.90. The lowest BCUT2D eigenvalue weighted by Gasteiger charge is -2.44. The zero-order valence-corrected chi connectivity index (χ0v) is 85.6. The van der Waals surface area contributed by atoms with Gasteiger partial charge in [0.2, 0.25) is 53.7 Å². The average Bonchev–Trinajstić information content (AvgIpc) is 0.778. The summed E-state index contributed by atoms with van der Waals surface area (Å²) in [5.41, 5.74) is 13.7. The molecule has 9 N–H and O–H groups in total. The Morgan fingerprint density at radius 1 is 0.333 bits per heavy atom. The number of benzene rings is 6. The van der Waals surface area contributed by atoms with E-state index >= 15 is 0 Å². The lowest BCUT2D eigenvalue weighted by molar-refractivity contribution is -0.132. The van der Waals surface area contributed by atoms with Gasteiger partial charge in [-0.1, -0.05) is 119 Å². The van der Waals surface area contributed by atoms with Crippen LogP contribution in [0.5, 0.6) is 0 Å². The van der Waals surface area contributed by atoms with E-state index in [9.17, 15) is 44.4 Å². The molecule has 44 heteroatoms. The molecule has 3 aliphatic heterocycles. The van der Waals surface area contributed by atoms with Crippen LogP contribution in [0.1, 0.15) is 93.5 Å². The summed E-state index contributed by atoms with van der Waals surface area (Å²) in [4.78, 5) is 66.7. The molecule has 6 aromatic carbocycles. The van der Waals surface area contributed by atoms with Crippen molar-refractivity contribution in [2.45, 2.75) is 89.8 Å². The summed E-state index contributed by atoms with van der Waals surface area (Å²) < 4.78 is 157. The lowest BCUT2D eigenvalue weighted by atomic mass is 9.85. The second-order valence-corrected chi connectivity index (χ2v) is 41.6. The van der Waals surface area contributed by atoms with Crippen molar-refractivity contribution >= 4 is 123 Å². The van der Waals surface area contributed by atoms with E-state index in [4.69, 9.17) is 132 Å². The van der Waals surface area contributed by atoms with Gasteiger partial charge in [-0.2, -0.15) is 0 Å². The van der Waals surface area contributed by atoms with E-state index in [2.05, 4.69) is 50.1 Å². The lowest BCUT2D eigenvalue weighted by Crippen LogP contribution is -2.59. The minimum Gasteiger partial charge on any atom is -0.378 e. The predicted octanol–water partition coefficient (Wildman–Crippen LogP) is 7.11. The number of carbonyl (C=O) groups is 4. The fraction of sp³-hybridized carbons (Fsp3) is 0.574. The molecule has 1 saturated carbocycles. The summed E-state index contributed by atoms with van der Waals surface area (Å²) in [6.45, 7) is 8.92. The molecule has 4 amide bonds. The van der Waals surface area contributed by atoms with Crippen molar-refractivity contribution < 1.29 is 101 Å². The zero-order chi connectivity index (χ0) is 98.7. The number of nitrogens with one attached hydrogen (secondary N) is 7. The highest BCUT2D eigenvalue weighted by atomic mass is 35.5. The van der Waals surface area contributed by atoms with E-state index in [-0.39, 0.29) is 242 Å². The minimum absolute atomic E-state index is 0.0230. The maximum atomic E-state index is 14.1. The van der Waals surface area contributed by atoms with E-state index < -0.39 is 59.9 Å². The Balaban J connectivity index is 0.662. The Kier molecular flexibility index (Phi) is 50.1. The van der Waals surface area contributed by atoms with Gasteiger partial charge < -0.3 is 98.5 Å². The highest BCUT2D eigenvalue weighted by Gasteiger charge is 2.39. The summed E-state index contributed by atoms with van der Waals surface area (Å²) in [5, 5.41) is 14.9. The smallest absolute Gasteiger partial charge is 0.240 e. The molecular formula is C94H133Cl6N13O22S3. The number of nitrogens with zero attached hydrogens (tertiary/aromatic N) is 5. The number of amides is 4. The van der Waals surface area contributed by atoms with Crippen LogP contribution in [0, 0.1) is 0 Å². The third-order valence-corrected chi connectivity index (χ3v) is 29.4. The summed E-state index contributed by atoms with van der Waals surface area (Å²) in [6.07, 6.45) is 2.47. The molecule has 6 aromatic rings. The van der Waals surface area contributed by atoms with Gasteiger partial charge in [-0.3, -0.25) is 29.0 Å². The van der Waals surface area contributed by atoms with Gasteiger partial charge in [-0.15, -0.1) is 0 Å². The van der Waals surface area contributed by atoms with Crippen molar-refractivity contribution in [3.8, 4) is 0 Å². The first kappa shape index (κ1) is 114. The summed E-state index contributed by atoms with van der Waals surface area (Å²) in [7, 11) is -5.69. The normalized spacial score (nSPS) is 17.2. The Morgan fingerprint density at radius 2 is 0.565 bits per heavy atom. The van der Waals surface area contributed by atoms with Crippen molar-refractivity contribution in [3.63, 3.8) is 0 Å². The van der Waals surface area contributed by atoms with Crippen LogP contribution in [-0.2, 0) is 126 Å². The van der Waals surface area contributed by atoms with E-state index in [1.807, 2.05) is 57.5 Å². The SMILES string of the molecule is CN1Cc2c(Cl)cc(Cl)cc2[C@H](c2cccc(S(=O)(=O)NCCOCCOCCOCCNC(=O)CN(CC(=O)NCCOCCOCCOCCN)[C@@H]3CCCC[C@H]3N(CC(=O)NCCOCCOCCOCCNS(=O)(=O)c3cccc([C@@H]4CN(C)Cc5c(Cl)cc(Cl)cc54)c3)CC(=O)NCCOCCOCCOCCNS(=O)(=O)c3cccc([C@@H]4CN(C)Cc5c(Cl)cc(Cl)cc54)c3)c2)C1. The molecule has 1 aliphatic carbocycles. The maximum absolute atomic E-state index is 14.1. The van der Waals surface area contributed by atoms with Gasteiger partial charge in [0.15, 0.2) is 0 Å². The molecule has 766 valence electrons. The first-order valence-corrected chi connectivity index (χ1v) is 53.2. The molecule has 0 bridgehead atoms. The molecule has 10 rings (SSSR count). The van der Waals surface area contributed by atoms with Gasteiger partial charge >= 0.3 is 0 Å². The van der Waals surface area contributed by atoms with Gasteiger partial charge in [-0.05, 0) is 157 Å². The first-order valence-electron chi connectivity index (χ1n) is 46.5. The zero-order valence-electron chi connectivity index (χ0n) is 78.6. The molecule has 1 fully saturated rings. The largest absolute Gasteiger partial charge is 0.378 e. The number of hydrogen-bond donors (Lipinski definition) is 8. The molecule has 3 heterocycles. The van der Waals surface area contributed by atoms with Crippen LogP contribution in [0.2, 0.25) is 30.1 Å². The second-order valence-electron chi connectivity index (χ2n) is 33.8. The molecule has 5 atom stereocenters. The molecule has 0 unspecified atom stereocenters. The minimum atomic E-state index is -3.89. The van der Waals surface area contributed by atoms with Crippen LogP contribution >= 0.6 is 69.6 Å².